The second-order valence-electron chi connectivity index (χ2n) is 4.56. The van der Waals surface area contributed by atoms with E-state index in [0.29, 0.717) is 21.9 Å². The van der Waals surface area contributed by atoms with Crippen LogP contribution >= 0.6 is 0 Å². The number of benzene rings is 2. The summed E-state index contributed by atoms with van der Waals surface area (Å²) in [5.41, 5.74) is 1.31. The number of nitrogens with one attached hydrogen (secondary N) is 1. The minimum absolute atomic E-state index is 0.118. The lowest BCUT2D eigenvalue weighted by molar-refractivity contribution is 1.08. The third kappa shape index (κ3) is 1.34. The Hall–Kier alpha value is -2.95. The maximum absolute atomic E-state index is 12.6. The quantitative estimate of drug-likeness (QED) is 0.388. The topological polar surface area (TPSA) is 67.2 Å². The average Bonchev–Trinajstić information content (AvgIpc) is 2.48. The highest BCUT2D eigenvalue weighted by Gasteiger charge is 2.10. The summed E-state index contributed by atoms with van der Waals surface area (Å²) >= 11 is 0. The molecule has 0 aliphatic heterocycles. The molecule has 0 spiro atoms. The molecule has 4 rings (SSSR count). The van der Waals surface area contributed by atoms with Gasteiger partial charge in [0.15, 0.2) is 0 Å². The molecule has 1 N–H and O–H groups in total. The lowest BCUT2D eigenvalue weighted by Gasteiger charge is -2.06. The van der Waals surface area contributed by atoms with E-state index < -0.39 is 0 Å². The van der Waals surface area contributed by atoms with Crippen molar-refractivity contribution in [1.29, 1.82) is 0 Å². The van der Waals surface area contributed by atoms with Gasteiger partial charge in [-0.15, -0.1) is 0 Å². The van der Waals surface area contributed by atoms with Crippen molar-refractivity contribution in [2.24, 2.45) is 0 Å². The first-order chi connectivity index (χ1) is 9.75. The SMILES string of the molecule is O=c1[nH]c2ccccc2n2c(=O)c3ccccc3nc12. The third-order valence-corrected chi connectivity index (χ3v) is 3.37. The van der Waals surface area contributed by atoms with Gasteiger partial charge in [0.2, 0.25) is 5.65 Å². The second-order valence-corrected chi connectivity index (χ2v) is 4.56. The Labute approximate surface area is 112 Å². The Kier molecular flexibility index (Phi) is 2.06. The van der Waals surface area contributed by atoms with Gasteiger partial charge in [0.25, 0.3) is 11.1 Å². The van der Waals surface area contributed by atoms with E-state index in [9.17, 15) is 9.59 Å². The average molecular weight is 263 g/mol. The van der Waals surface area contributed by atoms with Crippen LogP contribution in [-0.4, -0.2) is 14.4 Å². The monoisotopic (exact) mass is 263 g/mol. The summed E-state index contributed by atoms with van der Waals surface area (Å²) in [6.45, 7) is 0. The summed E-state index contributed by atoms with van der Waals surface area (Å²) in [4.78, 5) is 31.8. The number of aromatic amines is 1. The van der Waals surface area contributed by atoms with Gasteiger partial charge < -0.3 is 4.98 Å². The van der Waals surface area contributed by atoms with Crippen LogP contribution in [0.2, 0.25) is 0 Å². The van der Waals surface area contributed by atoms with Crippen molar-refractivity contribution in [2.45, 2.75) is 0 Å². The van der Waals surface area contributed by atoms with Crippen LogP contribution in [-0.2, 0) is 0 Å². The molecule has 0 saturated heterocycles. The largest absolute Gasteiger partial charge is 0.317 e. The van der Waals surface area contributed by atoms with Gasteiger partial charge in [0.05, 0.1) is 21.9 Å². The van der Waals surface area contributed by atoms with Crippen LogP contribution in [0.15, 0.2) is 58.1 Å². The molecular weight excluding hydrogens is 254 g/mol. The molecule has 5 nitrogen and oxygen atoms in total. The van der Waals surface area contributed by atoms with Crippen molar-refractivity contribution in [3.63, 3.8) is 0 Å². The normalized spacial score (nSPS) is 11.4. The zero-order valence-electron chi connectivity index (χ0n) is 10.3. The molecule has 2 aromatic heterocycles. The maximum Gasteiger partial charge on any atom is 0.292 e. The predicted molar refractivity (Wildman–Crippen MR) is 77.1 cm³/mol. The zero-order chi connectivity index (χ0) is 13.7. The van der Waals surface area contributed by atoms with E-state index in [0.717, 1.165) is 0 Å². The molecule has 0 aliphatic rings. The van der Waals surface area contributed by atoms with Crippen LogP contribution in [0, 0.1) is 0 Å². The predicted octanol–water partition coefficient (Wildman–Crippen LogP) is 1.69. The Morgan fingerprint density at radius 2 is 1.70 bits per heavy atom. The number of fused-ring (bicyclic) bond motifs is 4. The highest BCUT2D eigenvalue weighted by Crippen LogP contribution is 2.12. The lowest BCUT2D eigenvalue weighted by Crippen LogP contribution is -2.23. The molecule has 96 valence electrons. The highest BCUT2D eigenvalue weighted by molar-refractivity contribution is 5.83. The van der Waals surface area contributed by atoms with Gasteiger partial charge in [0, 0.05) is 0 Å². The molecule has 20 heavy (non-hydrogen) atoms. The molecule has 0 radical (unpaired) electrons. The van der Waals surface area contributed by atoms with Crippen LogP contribution < -0.4 is 11.1 Å². The fraction of sp³-hybridized carbons (Fsp3) is 0. The van der Waals surface area contributed by atoms with Crippen molar-refractivity contribution in [2.75, 3.05) is 0 Å². The minimum Gasteiger partial charge on any atom is -0.317 e. The molecular formula is C15H9N3O2. The van der Waals surface area contributed by atoms with Gasteiger partial charge in [-0.25, -0.2) is 4.98 Å². The first kappa shape index (κ1) is 10.9. The number of aromatic nitrogens is 3. The van der Waals surface area contributed by atoms with Crippen molar-refractivity contribution in [3.05, 3.63) is 69.2 Å². The summed E-state index contributed by atoms with van der Waals surface area (Å²) in [5.74, 6) is 0. The van der Waals surface area contributed by atoms with E-state index in [-0.39, 0.29) is 16.8 Å². The lowest BCUT2D eigenvalue weighted by atomic mass is 10.2. The summed E-state index contributed by atoms with van der Waals surface area (Å²) in [6.07, 6.45) is 0. The van der Waals surface area contributed by atoms with Crippen molar-refractivity contribution < 1.29 is 0 Å². The summed E-state index contributed by atoms with van der Waals surface area (Å²) in [6, 6.07) is 14.2. The highest BCUT2D eigenvalue weighted by atomic mass is 16.1. The van der Waals surface area contributed by atoms with Crippen LogP contribution in [0.25, 0.3) is 27.6 Å². The Bertz CT molecular complexity index is 1090. The number of nitrogens with zero attached hydrogens (tertiary/aromatic N) is 2. The number of H-pyrrole nitrogens is 1. The van der Waals surface area contributed by atoms with E-state index in [1.165, 1.54) is 4.40 Å². The van der Waals surface area contributed by atoms with Crippen LogP contribution in [0.3, 0.4) is 0 Å². The van der Waals surface area contributed by atoms with E-state index in [2.05, 4.69) is 9.97 Å². The maximum atomic E-state index is 12.6. The number of hydrogen-bond donors (Lipinski definition) is 1. The molecule has 0 aliphatic carbocycles. The molecule has 0 unspecified atom stereocenters. The molecule has 2 aromatic carbocycles. The summed E-state index contributed by atoms with van der Waals surface area (Å²) in [5, 5.41) is 0.501. The van der Waals surface area contributed by atoms with Gasteiger partial charge >= 0.3 is 0 Å². The van der Waals surface area contributed by atoms with E-state index in [1.807, 2.05) is 12.1 Å². The number of para-hydroxylation sites is 3. The zero-order valence-corrected chi connectivity index (χ0v) is 10.3. The first-order valence-corrected chi connectivity index (χ1v) is 6.18. The molecule has 5 heteroatoms. The van der Waals surface area contributed by atoms with E-state index in [4.69, 9.17) is 0 Å². The van der Waals surface area contributed by atoms with E-state index in [1.54, 1.807) is 36.4 Å². The van der Waals surface area contributed by atoms with Gasteiger partial charge in [0.1, 0.15) is 0 Å². The van der Waals surface area contributed by atoms with Gasteiger partial charge in [-0.2, -0.15) is 0 Å². The van der Waals surface area contributed by atoms with Gasteiger partial charge in [-0.3, -0.25) is 14.0 Å². The fourth-order valence-electron chi connectivity index (χ4n) is 2.46. The smallest absolute Gasteiger partial charge is 0.292 e. The van der Waals surface area contributed by atoms with Crippen LogP contribution in [0.1, 0.15) is 0 Å². The van der Waals surface area contributed by atoms with Crippen molar-refractivity contribution in [1.82, 2.24) is 14.4 Å². The second kappa shape index (κ2) is 3.77. The number of rotatable bonds is 0. The Morgan fingerprint density at radius 1 is 0.950 bits per heavy atom. The first-order valence-electron chi connectivity index (χ1n) is 6.18. The Balaban J connectivity index is 2.44. The molecule has 4 aromatic rings. The number of hydrogen-bond acceptors (Lipinski definition) is 3. The summed E-state index contributed by atoms with van der Waals surface area (Å²) < 4.78 is 1.37. The molecule has 0 amide bonds. The third-order valence-electron chi connectivity index (χ3n) is 3.37. The Morgan fingerprint density at radius 3 is 2.60 bits per heavy atom. The molecule has 0 saturated carbocycles. The van der Waals surface area contributed by atoms with E-state index >= 15 is 0 Å². The van der Waals surface area contributed by atoms with Crippen molar-refractivity contribution in [3.8, 4) is 0 Å². The molecule has 0 bridgehead atoms. The van der Waals surface area contributed by atoms with Gasteiger partial charge in [-0.05, 0) is 24.3 Å². The van der Waals surface area contributed by atoms with Crippen LogP contribution in [0.4, 0.5) is 0 Å². The van der Waals surface area contributed by atoms with Gasteiger partial charge in [-0.1, -0.05) is 24.3 Å². The summed E-state index contributed by atoms with van der Waals surface area (Å²) in [7, 11) is 0. The minimum atomic E-state index is -0.369. The van der Waals surface area contributed by atoms with Crippen LogP contribution in [0.5, 0.6) is 0 Å². The fourth-order valence-corrected chi connectivity index (χ4v) is 2.46. The molecule has 2 heterocycles. The molecule has 0 atom stereocenters. The van der Waals surface area contributed by atoms with Crippen molar-refractivity contribution >= 4 is 27.6 Å². The standard InChI is InChI=1S/C15H9N3O2/c19-14-13-16-10-6-2-1-5-9(10)15(20)18(13)12-8-4-3-7-11(12)17-14/h1-8H,(H,17,19). The molecule has 0 fully saturated rings.